The van der Waals surface area contributed by atoms with E-state index in [0.29, 0.717) is 13.1 Å². The van der Waals surface area contributed by atoms with E-state index < -0.39 is 0 Å². The van der Waals surface area contributed by atoms with E-state index in [1.165, 1.54) is 26.4 Å². The minimum absolute atomic E-state index is 0.145. The zero-order chi connectivity index (χ0) is 14.5. The molecule has 1 amide bonds. The molecule has 2 aliphatic rings. The number of likely N-dealkylation sites (tertiary alicyclic amines) is 1. The molecule has 3 atom stereocenters. The molecule has 2 rings (SSSR count). The molecule has 0 aromatic heterocycles. The van der Waals surface area contributed by atoms with Crippen molar-refractivity contribution in [2.75, 3.05) is 26.7 Å². The van der Waals surface area contributed by atoms with E-state index in [4.69, 9.17) is 4.74 Å². The molecule has 1 aliphatic carbocycles. The van der Waals surface area contributed by atoms with Gasteiger partial charge >= 0.3 is 6.09 Å². The maximum Gasteiger partial charge on any atom is 0.409 e. The van der Waals surface area contributed by atoms with Crippen LogP contribution in [0.15, 0.2) is 0 Å². The third kappa shape index (κ3) is 3.85. The number of ether oxygens (including phenoxy) is 1. The average molecular weight is 284 g/mol. The molecule has 5 heteroatoms. The van der Waals surface area contributed by atoms with Crippen molar-refractivity contribution in [3.63, 3.8) is 0 Å². The van der Waals surface area contributed by atoms with Crippen LogP contribution < -0.4 is 5.32 Å². The fraction of sp³-hybridized carbons (Fsp3) is 0.933. The van der Waals surface area contributed by atoms with Crippen LogP contribution in [-0.4, -0.2) is 55.0 Å². The Bertz CT molecular complexity index is 320. The number of nitrogens with one attached hydrogen (secondary N) is 1. The number of hydrogen-bond acceptors (Lipinski definition) is 4. The van der Waals surface area contributed by atoms with Crippen LogP contribution in [0.5, 0.6) is 0 Å². The predicted octanol–water partition coefficient (Wildman–Crippen LogP) is 1.60. The summed E-state index contributed by atoms with van der Waals surface area (Å²) >= 11 is 0. The first kappa shape index (κ1) is 15.6. The Hall–Kier alpha value is -0.810. The summed E-state index contributed by atoms with van der Waals surface area (Å²) in [5.41, 5.74) is 0. The summed E-state index contributed by atoms with van der Waals surface area (Å²) in [7, 11) is 1.42. The number of piperidine rings is 1. The highest BCUT2D eigenvalue weighted by atomic mass is 16.5. The average Bonchev–Trinajstić information content (AvgIpc) is 2.43. The molecule has 0 radical (unpaired) electrons. The van der Waals surface area contributed by atoms with E-state index in [-0.39, 0.29) is 24.2 Å². The van der Waals surface area contributed by atoms with Gasteiger partial charge in [-0.1, -0.05) is 13.3 Å². The summed E-state index contributed by atoms with van der Waals surface area (Å²) in [5, 5.41) is 13.7. The van der Waals surface area contributed by atoms with Crippen molar-refractivity contribution in [1.29, 1.82) is 0 Å². The van der Waals surface area contributed by atoms with Gasteiger partial charge in [-0.3, -0.25) is 0 Å². The monoisotopic (exact) mass is 284 g/mol. The lowest BCUT2D eigenvalue weighted by molar-refractivity contribution is 0.0316. The van der Waals surface area contributed by atoms with Gasteiger partial charge in [-0.2, -0.15) is 0 Å². The summed E-state index contributed by atoms with van der Waals surface area (Å²) in [6, 6.07) is 0.273. The molecule has 116 valence electrons. The minimum atomic E-state index is -0.338. The smallest absolute Gasteiger partial charge is 0.409 e. The third-order valence-electron chi connectivity index (χ3n) is 4.80. The van der Waals surface area contributed by atoms with E-state index in [1.807, 2.05) is 6.92 Å². The van der Waals surface area contributed by atoms with Crippen LogP contribution in [0.3, 0.4) is 0 Å². The number of hydrogen-bond donors (Lipinski definition) is 2. The highest BCUT2D eigenvalue weighted by Gasteiger charge is 2.33. The standard InChI is InChI=1S/C15H28N2O3/c1-3-14(18)12-7-13(16-8-11-5-4-6-11)10-17(9-12)15(19)20-2/h11-14,16,18H,3-10H2,1-2H3. The summed E-state index contributed by atoms with van der Waals surface area (Å²) in [4.78, 5) is 13.5. The van der Waals surface area contributed by atoms with Crippen LogP contribution in [0.2, 0.25) is 0 Å². The maximum absolute atomic E-state index is 11.8. The first-order chi connectivity index (χ1) is 9.63. The number of methoxy groups -OCH3 is 1. The van der Waals surface area contributed by atoms with Crippen molar-refractivity contribution < 1.29 is 14.6 Å². The zero-order valence-electron chi connectivity index (χ0n) is 12.7. The molecule has 2 fully saturated rings. The maximum atomic E-state index is 11.8. The van der Waals surface area contributed by atoms with Crippen molar-refractivity contribution in [3.8, 4) is 0 Å². The Labute approximate surface area is 121 Å². The molecule has 0 spiro atoms. The second-order valence-corrected chi connectivity index (χ2v) is 6.25. The second kappa shape index (κ2) is 7.27. The molecule has 20 heavy (non-hydrogen) atoms. The molecule has 0 bridgehead atoms. The van der Waals surface area contributed by atoms with Gasteiger partial charge in [0, 0.05) is 25.0 Å². The van der Waals surface area contributed by atoms with Gasteiger partial charge in [0.15, 0.2) is 0 Å². The number of aliphatic hydroxyl groups is 1. The van der Waals surface area contributed by atoms with Crippen LogP contribution >= 0.6 is 0 Å². The number of carbonyl (C=O) groups excluding carboxylic acids is 1. The fourth-order valence-electron chi connectivity index (χ4n) is 3.21. The molecule has 2 N–H and O–H groups in total. The number of amides is 1. The Balaban J connectivity index is 1.89. The molecule has 1 heterocycles. The first-order valence-corrected chi connectivity index (χ1v) is 7.88. The summed E-state index contributed by atoms with van der Waals surface area (Å²) in [6.07, 6.45) is 5.04. The molecular weight excluding hydrogens is 256 g/mol. The summed E-state index contributed by atoms with van der Waals surface area (Å²) < 4.78 is 4.84. The predicted molar refractivity (Wildman–Crippen MR) is 77.5 cm³/mol. The lowest BCUT2D eigenvalue weighted by Gasteiger charge is -2.40. The molecule has 1 saturated carbocycles. The summed E-state index contributed by atoms with van der Waals surface area (Å²) in [6.45, 7) is 4.31. The number of carbonyl (C=O) groups is 1. The van der Waals surface area contributed by atoms with Crippen LogP contribution in [0, 0.1) is 11.8 Å². The van der Waals surface area contributed by atoms with E-state index in [1.54, 1.807) is 4.90 Å². The van der Waals surface area contributed by atoms with Gasteiger partial charge in [0.2, 0.25) is 0 Å². The molecule has 0 aromatic carbocycles. The van der Waals surface area contributed by atoms with E-state index in [0.717, 1.165) is 25.3 Å². The van der Waals surface area contributed by atoms with Crippen LogP contribution in [-0.2, 0) is 4.74 Å². The van der Waals surface area contributed by atoms with Gasteiger partial charge in [0.05, 0.1) is 13.2 Å². The molecule has 0 aromatic rings. The van der Waals surface area contributed by atoms with Gasteiger partial charge < -0.3 is 20.1 Å². The van der Waals surface area contributed by atoms with E-state index in [9.17, 15) is 9.90 Å². The quantitative estimate of drug-likeness (QED) is 0.805. The molecule has 5 nitrogen and oxygen atoms in total. The summed E-state index contributed by atoms with van der Waals surface area (Å²) in [5.74, 6) is 0.949. The second-order valence-electron chi connectivity index (χ2n) is 6.25. The largest absolute Gasteiger partial charge is 0.453 e. The number of nitrogens with zero attached hydrogens (tertiary/aromatic N) is 1. The van der Waals surface area contributed by atoms with Crippen molar-refractivity contribution in [1.82, 2.24) is 10.2 Å². The lowest BCUT2D eigenvalue weighted by Crippen LogP contribution is -2.54. The van der Waals surface area contributed by atoms with Crippen molar-refractivity contribution in [2.45, 2.75) is 51.2 Å². The normalized spacial score (nSPS) is 28.9. The Morgan fingerprint density at radius 3 is 2.75 bits per heavy atom. The first-order valence-electron chi connectivity index (χ1n) is 7.88. The van der Waals surface area contributed by atoms with E-state index in [2.05, 4.69) is 5.32 Å². The van der Waals surface area contributed by atoms with Gasteiger partial charge in [0.25, 0.3) is 0 Å². The third-order valence-corrected chi connectivity index (χ3v) is 4.80. The van der Waals surface area contributed by atoms with Gasteiger partial charge in [-0.05, 0) is 38.1 Å². The minimum Gasteiger partial charge on any atom is -0.453 e. The number of aliphatic hydroxyl groups excluding tert-OH is 1. The SMILES string of the molecule is CCC(O)C1CC(NCC2CCC2)CN(C(=O)OC)C1. The highest BCUT2D eigenvalue weighted by Crippen LogP contribution is 2.27. The van der Waals surface area contributed by atoms with Crippen molar-refractivity contribution >= 4 is 6.09 Å². The zero-order valence-corrected chi connectivity index (χ0v) is 12.7. The van der Waals surface area contributed by atoms with Crippen LogP contribution in [0.25, 0.3) is 0 Å². The molecule has 3 unspecified atom stereocenters. The van der Waals surface area contributed by atoms with E-state index >= 15 is 0 Å². The molecular formula is C15H28N2O3. The molecule has 1 aliphatic heterocycles. The van der Waals surface area contributed by atoms with Crippen molar-refractivity contribution in [2.24, 2.45) is 11.8 Å². The van der Waals surface area contributed by atoms with Crippen LogP contribution in [0.1, 0.15) is 39.0 Å². The fourth-order valence-corrected chi connectivity index (χ4v) is 3.21. The topological polar surface area (TPSA) is 61.8 Å². The van der Waals surface area contributed by atoms with Gasteiger partial charge in [-0.25, -0.2) is 4.79 Å². The van der Waals surface area contributed by atoms with Gasteiger partial charge in [-0.15, -0.1) is 0 Å². The Morgan fingerprint density at radius 2 is 2.20 bits per heavy atom. The Kier molecular flexibility index (Phi) is 5.66. The highest BCUT2D eigenvalue weighted by molar-refractivity contribution is 5.67. The lowest BCUT2D eigenvalue weighted by atomic mass is 9.84. The number of rotatable bonds is 5. The Morgan fingerprint density at radius 1 is 1.45 bits per heavy atom. The van der Waals surface area contributed by atoms with Crippen LogP contribution in [0.4, 0.5) is 4.79 Å². The van der Waals surface area contributed by atoms with Crippen molar-refractivity contribution in [3.05, 3.63) is 0 Å². The van der Waals surface area contributed by atoms with Gasteiger partial charge in [0.1, 0.15) is 0 Å². The molecule has 1 saturated heterocycles.